The van der Waals surface area contributed by atoms with Gasteiger partial charge in [0.2, 0.25) is 29.5 Å². The van der Waals surface area contributed by atoms with Crippen LogP contribution in [0.4, 0.5) is 0 Å². The number of hydrogen-bond donors (Lipinski definition) is 11. The highest BCUT2D eigenvalue weighted by molar-refractivity contribution is 5.96. The maximum atomic E-state index is 14.3. The molecule has 0 bridgehead atoms. The average Bonchev–Trinajstić information content (AvgIpc) is 3.91. The third-order valence-electron chi connectivity index (χ3n) is 11.1. The summed E-state index contributed by atoms with van der Waals surface area (Å²) in [6.45, 7) is -0.187. The van der Waals surface area contributed by atoms with Crippen molar-refractivity contribution in [2.24, 2.45) is 11.5 Å². The second kappa shape index (κ2) is 22.7. The number of aliphatic carboxylic acids is 1. The minimum atomic E-state index is -1.31. The molecule has 13 N–H and O–H groups in total. The minimum absolute atomic E-state index is 0.00617. The van der Waals surface area contributed by atoms with Gasteiger partial charge in [-0.05, 0) is 65.9 Å². The fraction of sp³-hybridized carbons (Fsp3) is 0.292. The number of fused-ring (bicyclic) bond motifs is 2. The molecule has 6 aromatic rings. The van der Waals surface area contributed by atoms with E-state index in [4.69, 9.17) is 11.5 Å². The largest absolute Gasteiger partial charge is 0.508 e. The van der Waals surface area contributed by atoms with E-state index in [9.17, 15) is 39.0 Å². The van der Waals surface area contributed by atoms with Gasteiger partial charge in [-0.1, -0.05) is 85.3 Å². The number of aromatic nitrogens is 2. The number of carbonyl (C=O) groups excluding carboxylic acids is 5. The molecule has 0 aliphatic carbocycles. The molecule has 0 fully saturated rings. The van der Waals surface area contributed by atoms with Gasteiger partial charge in [-0.15, -0.1) is 0 Å². The van der Waals surface area contributed by atoms with Crippen molar-refractivity contribution in [1.29, 1.82) is 0 Å². The number of nitrogens with two attached hydrogens (primary N) is 2. The number of benzene rings is 4. The summed E-state index contributed by atoms with van der Waals surface area (Å²) in [6.07, 6.45) is 5.02. The molecule has 17 nitrogen and oxygen atoms in total. The van der Waals surface area contributed by atoms with E-state index in [-0.39, 0.29) is 31.4 Å². The SMILES string of the molecule is NCCCC[C@H](N)C(=O)N[C@@H](Cc1c[nH]c2ccccc12)C(=O)N[C@@H](Cc1ccc(O)cc1)C(=O)NCC(=O)N[C@@H](Cc1c[nH]c2ccccc12)C(=O)N[C@@H](Cc1ccccc1)C(=O)O. The lowest BCUT2D eigenvalue weighted by molar-refractivity contribution is -0.142. The number of hydrogen-bond acceptors (Lipinski definition) is 9. The molecular formula is C48H55N9O8. The lowest BCUT2D eigenvalue weighted by Crippen LogP contribution is -2.58. The van der Waals surface area contributed by atoms with Crippen molar-refractivity contribution in [3.63, 3.8) is 0 Å². The molecule has 17 heteroatoms. The third kappa shape index (κ3) is 13.3. The molecule has 0 saturated carbocycles. The van der Waals surface area contributed by atoms with Gasteiger partial charge < -0.3 is 58.2 Å². The summed E-state index contributed by atoms with van der Waals surface area (Å²) in [5.74, 6) is -4.81. The number of rotatable bonds is 23. The molecule has 0 spiro atoms. The predicted octanol–water partition coefficient (Wildman–Crippen LogP) is 2.22. The van der Waals surface area contributed by atoms with Gasteiger partial charge >= 0.3 is 5.97 Å². The van der Waals surface area contributed by atoms with E-state index in [1.807, 2.05) is 48.5 Å². The molecule has 0 aliphatic heterocycles. The average molecular weight is 886 g/mol. The van der Waals surface area contributed by atoms with E-state index in [1.54, 1.807) is 54.9 Å². The van der Waals surface area contributed by atoms with Crippen LogP contribution in [0, 0.1) is 0 Å². The Bertz CT molecular complexity index is 2580. The minimum Gasteiger partial charge on any atom is -0.508 e. The van der Waals surface area contributed by atoms with Crippen LogP contribution in [0.5, 0.6) is 5.75 Å². The lowest BCUT2D eigenvalue weighted by Gasteiger charge is -2.25. The molecule has 0 unspecified atom stereocenters. The van der Waals surface area contributed by atoms with E-state index < -0.39 is 72.3 Å². The first-order valence-electron chi connectivity index (χ1n) is 21.5. The third-order valence-corrected chi connectivity index (χ3v) is 11.1. The molecule has 2 aromatic heterocycles. The van der Waals surface area contributed by atoms with Crippen LogP contribution in [0.1, 0.15) is 41.5 Å². The Morgan fingerprint density at radius 3 is 1.63 bits per heavy atom. The molecule has 5 amide bonds. The van der Waals surface area contributed by atoms with Gasteiger partial charge in [-0.2, -0.15) is 0 Å². The summed E-state index contributed by atoms with van der Waals surface area (Å²) in [5, 5.41) is 35.0. The summed E-state index contributed by atoms with van der Waals surface area (Å²) in [7, 11) is 0. The van der Waals surface area contributed by atoms with Crippen molar-refractivity contribution in [2.45, 2.75) is 75.2 Å². The normalized spacial score (nSPS) is 13.5. The molecule has 0 radical (unpaired) electrons. The number of phenolic OH excluding ortho intramolecular Hbond substituents is 1. The Hall–Kier alpha value is -7.50. The van der Waals surface area contributed by atoms with Crippen LogP contribution in [0.15, 0.2) is 116 Å². The van der Waals surface area contributed by atoms with Gasteiger partial charge in [0.25, 0.3) is 0 Å². The number of amides is 5. The molecule has 0 aliphatic rings. The van der Waals surface area contributed by atoms with Gasteiger partial charge in [0.05, 0.1) is 12.6 Å². The number of H-pyrrole nitrogens is 2. The lowest BCUT2D eigenvalue weighted by atomic mass is 10.0. The summed E-state index contributed by atoms with van der Waals surface area (Å²) in [4.78, 5) is 87.8. The number of aromatic hydroxyl groups is 1. The summed E-state index contributed by atoms with van der Waals surface area (Å²) < 4.78 is 0. The number of phenols is 1. The summed E-state index contributed by atoms with van der Waals surface area (Å²) in [6, 6.07) is 23.7. The van der Waals surface area contributed by atoms with E-state index in [0.29, 0.717) is 42.5 Å². The second-order valence-corrected chi connectivity index (χ2v) is 15.9. The predicted molar refractivity (Wildman–Crippen MR) is 245 cm³/mol. The molecule has 4 aromatic carbocycles. The highest BCUT2D eigenvalue weighted by atomic mass is 16.4. The number of carbonyl (C=O) groups is 6. The van der Waals surface area contributed by atoms with Crippen molar-refractivity contribution in [1.82, 2.24) is 36.6 Å². The van der Waals surface area contributed by atoms with Crippen molar-refractivity contribution < 1.29 is 39.0 Å². The zero-order valence-corrected chi connectivity index (χ0v) is 35.7. The quantitative estimate of drug-likeness (QED) is 0.0417. The van der Waals surface area contributed by atoms with E-state index in [1.165, 1.54) is 12.1 Å². The molecule has 6 rings (SSSR count). The molecule has 340 valence electrons. The number of unbranched alkanes of at least 4 members (excludes halogenated alkanes) is 1. The van der Waals surface area contributed by atoms with Gasteiger partial charge in [-0.3, -0.25) is 24.0 Å². The zero-order chi connectivity index (χ0) is 46.3. The fourth-order valence-electron chi connectivity index (χ4n) is 7.59. The zero-order valence-electron chi connectivity index (χ0n) is 35.7. The topological polar surface area (TPSA) is 287 Å². The first-order valence-corrected chi connectivity index (χ1v) is 21.5. The Kier molecular flexibility index (Phi) is 16.4. The standard InChI is InChI=1S/C48H55N9O8/c49-21-9-8-14-36(50)44(60)55-41(25-32-27-52-38-16-7-5-13-35(32)38)47(63)56-39(22-30-17-19-33(58)20-18-30)45(61)53-28-43(59)54-40(24-31-26-51-37-15-6-4-12-34(31)37)46(62)57-42(48(64)65)23-29-10-2-1-3-11-29/h1-7,10-13,15-20,26-27,36,39-42,51-52,58H,8-9,14,21-25,28,49-50H2,(H,53,61)(H,54,59)(H,55,60)(H,56,63)(H,57,62)(H,64,65)/t36-,39-,40-,41-,42-/m0/s1. The Morgan fingerprint density at radius 2 is 1.05 bits per heavy atom. The van der Waals surface area contributed by atoms with Crippen LogP contribution in [-0.2, 0) is 54.5 Å². The maximum absolute atomic E-state index is 14.3. The van der Waals surface area contributed by atoms with Crippen LogP contribution in [-0.4, -0.2) is 99.0 Å². The number of aromatic amines is 2. The van der Waals surface area contributed by atoms with E-state index in [2.05, 4.69) is 36.6 Å². The summed E-state index contributed by atoms with van der Waals surface area (Å²) in [5.41, 5.74) is 16.1. The van der Waals surface area contributed by atoms with E-state index in [0.717, 1.165) is 27.4 Å². The second-order valence-electron chi connectivity index (χ2n) is 15.9. The highest BCUT2D eigenvalue weighted by Gasteiger charge is 2.31. The van der Waals surface area contributed by atoms with Crippen LogP contribution >= 0.6 is 0 Å². The Labute approximate surface area is 375 Å². The van der Waals surface area contributed by atoms with Gasteiger partial charge in [-0.25, -0.2) is 4.79 Å². The fourth-order valence-corrected chi connectivity index (χ4v) is 7.59. The van der Waals surface area contributed by atoms with Gasteiger partial charge in [0.1, 0.15) is 29.9 Å². The smallest absolute Gasteiger partial charge is 0.326 e. The molecular weight excluding hydrogens is 831 g/mol. The van der Waals surface area contributed by atoms with E-state index >= 15 is 0 Å². The molecule has 65 heavy (non-hydrogen) atoms. The van der Waals surface area contributed by atoms with Gasteiger partial charge in [0.15, 0.2) is 0 Å². The Morgan fingerprint density at radius 1 is 0.554 bits per heavy atom. The van der Waals surface area contributed by atoms with Crippen LogP contribution in [0.2, 0.25) is 0 Å². The monoisotopic (exact) mass is 885 g/mol. The molecule has 0 saturated heterocycles. The molecule has 5 atom stereocenters. The van der Waals surface area contributed by atoms with Crippen LogP contribution in [0.3, 0.4) is 0 Å². The van der Waals surface area contributed by atoms with Gasteiger partial charge in [0, 0.05) is 59.9 Å². The number of para-hydroxylation sites is 2. The Balaban J connectivity index is 1.19. The maximum Gasteiger partial charge on any atom is 0.326 e. The van der Waals surface area contributed by atoms with Crippen LogP contribution in [0.25, 0.3) is 21.8 Å². The first-order chi connectivity index (χ1) is 31.4. The molecule has 2 heterocycles. The number of carboxylic acid groups (broad SMARTS) is 1. The van der Waals surface area contributed by atoms with Crippen molar-refractivity contribution in [2.75, 3.05) is 13.1 Å². The van der Waals surface area contributed by atoms with Crippen molar-refractivity contribution in [3.8, 4) is 5.75 Å². The van der Waals surface area contributed by atoms with Crippen molar-refractivity contribution in [3.05, 3.63) is 138 Å². The highest BCUT2D eigenvalue weighted by Crippen LogP contribution is 2.21. The first kappa shape index (κ1) is 47.0. The summed E-state index contributed by atoms with van der Waals surface area (Å²) >= 11 is 0. The van der Waals surface area contributed by atoms with Crippen LogP contribution < -0.4 is 38.1 Å². The van der Waals surface area contributed by atoms with Crippen molar-refractivity contribution >= 4 is 57.3 Å². The number of nitrogens with one attached hydrogen (secondary N) is 7. The number of carboxylic acids is 1.